The summed E-state index contributed by atoms with van der Waals surface area (Å²) in [7, 11) is -2.82. The van der Waals surface area contributed by atoms with E-state index >= 15 is 0 Å². The monoisotopic (exact) mass is 285 g/mol. The normalized spacial score (nSPS) is 42.8. The van der Waals surface area contributed by atoms with E-state index < -0.39 is 22.6 Å². The van der Waals surface area contributed by atoms with E-state index in [1.807, 2.05) is 0 Å². The van der Waals surface area contributed by atoms with Gasteiger partial charge in [0, 0.05) is 5.41 Å². The van der Waals surface area contributed by atoms with Crippen molar-refractivity contribution in [3.63, 3.8) is 0 Å². The van der Waals surface area contributed by atoms with Crippen LogP contribution in [0.25, 0.3) is 0 Å². The Hall–Kier alpha value is 0.354. The molecule has 2 aliphatic rings. The highest BCUT2D eigenvalue weighted by atomic mass is 28.4. The molecule has 2 fully saturated rings. The van der Waals surface area contributed by atoms with Crippen molar-refractivity contribution in [1.29, 1.82) is 0 Å². The molecule has 2 aliphatic carbocycles. The van der Waals surface area contributed by atoms with Crippen LogP contribution in [-0.2, 0) is 4.12 Å². The summed E-state index contributed by atoms with van der Waals surface area (Å²) in [6.45, 7) is 15.9. The molecule has 0 aromatic rings. The molecule has 2 saturated carbocycles. The molecule has 2 bridgehead atoms. The Balaban J connectivity index is 2.40. The van der Waals surface area contributed by atoms with Gasteiger partial charge in [-0.05, 0) is 56.8 Å². The molecule has 2 rings (SSSR count). The molecule has 0 saturated heterocycles. The lowest BCUT2D eigenvalue weighted by molar-refractivity contribution is -0.0410. The molecule has 3 unspecified atom stereocenters. The maximum atomic E-state index is 11.5. The van der Waals surface area contributed by atoms with Crippen molar-refractivity contribution < 1.29 is 9.22 Å². The first-order chi connectivity index (χ1) is 7.98. The van der Waals surface area contributed by atoms with Crippen molar-refractivity contribution in [1.82, 2.24) is 0 Å². The second-order valence-electron chi connectivity index (χ2n) is 7.87. The van der Waals surface area contributed by atoms with E-state index in [1.165, 1.54) is 6.42 Å². The quantitative estimate of drug-likeness (QED) is 0.803. The first-order valence-corrected chi connectivity index (χ1v) is 12.5. The SMILES string of the molecule is C[Si](C)O[Si](C)(C)C1(O)CC2CCC1(C)C2(C)C. The molecule has 0 aromatic carbocycles. The Labute approximate surface area is 115 Å². The van der Waals surface area contributed by atoms with Crippen LogP contribution in [0.2, 0.25) is 26.2 Å². The van der Waals surface area contributed by atoms with Crippen LogP contribution in [0, 0.1) is 16.7 Å². The number of aliphatic hydroxyl groups is 1. The summed E-state index contributed by atoms with van der Waals surface area (Å²) in [6, 6.07) is 0. The van der Waals surface area contributed by atoms with Gasteiger partial charge in [-0.2, -0.15) is 0 Å². The molecule has 18 heavy (non-hydrogen) atoms. The highest BCUT2D eigenvalue weighted by Crippen LogP contribution is 2.71. The van der Waals surface area contributed by atoms with E-state index in [2.05, 4.69) is 47.0 Å². The Morgan fingerprint density at radius 1 is 1.22 bits per heavy atom. The third kappa shape index (κ3) is 1.58. The standard InChI is InChI=1S/C14H29O2Si2/c1-12(2)11-8-9-13(12,3)14(15,10-11)18(6,7)16-17(4)5/h11,15H,8-10H2,1-7H3. The molecule has 3 atom stereocenters. The van der Waals surface area contributed by atoms with E-state index in [9.17, 15) is 5.11 Å². The van der Waals surface area contributed by atoms with E-state index in [0.717, 1.165) is 12.8 Å². The van der Waals surface area contributed by atoms with E-state index in [1.54, 1.807) is 0 Å². The Bertz CT molecular complexity index is 354. The molecule has 0 spiro atoms. The minimum atomic E-state index is -2.07. The van der Waals surface area contributed by atoms with Gasteiger partial charge in [0.25, 0.3) is 0 Å². The predicted molar refractivity (Wildman–Crippen MR) is 80.2 cm³/mol. The molecule has 2 nitrogen and oxygen atoms in total. The van der Waals surface area contributed by atoms with Crippen LogP contribution in [0.3, 0.4) is 0 Å². The van der Waals surface area contributed by atoms with Crippen molar-refractivity contribution in [3.8, 4) is 0 Å². The summed E-state index contributed by atoms with van der Waals surface area (Å²) in [6.07, 6.45) is 3.41. The predicted octanol–water partition coefficient (Wildman–Crippen LogP) is 3.58. The summed E-state index contributed by atoms with van der Waals surface area (Å²) < 4.78 is 6.33. The van der Waals surface area contributed by atoms with Gasteiger partial charge in [0.1, 0.15) is 0 Å². The Morgan fingerprint density at radius 2 is 1.78 bits per heavy atom. The largest absolute Gasteiger partial charge is 0.454 e. The van der Waals surface area contributed by atoms with Crippen LogP contribution in [-0.4, -0.2) is 27.7 Å². The van der Waals surface area contributed by atoms with Gasteiger partial charge in [0.15, 0.2) is 9.04 Å². The minimum absolute atomic E-state index is 0.0394. The van der Waals surface area contributed by atoms with Gasteiger partial charge in [-0.15, -0.1) is 0 Å². The maximum absolute atomic E-state index is 11.5. The third-order valence-electron chi connectivity index (χ3n) is 6.35. The van der Waals surface area contributed by atoms with Crippen LogP contribution in [0.1, 0.15) is 40.0 Å². The van der Waals surface area contributed by atoms with Gasteiger partial charge in [-0.25, -0.2) is 0 Å². The fourth-order valence-electron chi connectivity index (χ4n) is 4.78. The fraction of sp³-hybridized carbons (Fsp3) is 1.00. The van der Waals surface area contributed by atoms with Gasteiger partial charge < -0.3 is 9.22 Å². The summed E-state index contributed by atoms with van der Waals surface area (Å²) in [5.41, 5.74) is 0.293. The number of fused-ring (bicyclic) bond motifs is 2. The highest BCUT2D eigenvalue weighted by Gasteiger charge is 2.73. The highest BCUT2D eigenvalue weighted by molar-refractivity contribution is 6.80. The molecular weight excluding hydrogens is 256 g/mol. The molecule has 0 aromatic heterocycles. The summed E-state index contributed by atoms with van der Waals surface area (Å²) in [5.74, 6) is 0.673. The van der Waals surface area contributed by atoms with Gasteiger partial charge in [-0.1, -0.05) is 20.8 Å². The van der Waals surface area contributed by atoms with Crippen LogP contribution in [0.5, 0.6) is 0 Å². The zero-order valence-corrected chi connectivity index (χ0v) is 15.1. The topological polar surface area (TPSA) is 29.5 Å². The van der Waals surface area contributed by atoms with E-state index in [-0.39, 0.29) is 10.8 Å². The van der Waals surface area contributed by atoms with Gasteiger partial charge in [0.2, 0.25) is 8.32 Å². The summed E-state index contributed by atoms with van der Waals surface area (Å²) in [4.78, 5) is 0. The average Bonchev–Trinajstić information content (AvgIpc) is 2.47. The second-order valence-corrected chi connectivity index (χ2v) is 14.4. The van der Waals surface area contributed by atoms with Crippen molar-refractivity contribution in [2.24, 2.45) is 16.7 Å². The van der Waals surface area contributed by atoms with Crippen LogP contribution < -0.4 is 0 Å². The minimum Gasteiger partial charge on any atom is -0.454 e. The van der Waals surface area contributed by atoms with Gasteiger partial charge in [-0.3, -0.25) is 0 Å². The zero-order valence-electron chi connectivity index (χ0n) is 13.1. The molecule has 1 radical (unpaired) electrons. The van der Waals surface area contributed by atoms with Gasteiger partial charge >= 0.3 is 0 Å². The Kier molecular flexibility index (Phi) is 3.22. The smallest absolute Gasteiger partial charge is 0.206 e. The van der Waals surface area contributed by atoms with Crippen molar-refractivity contribution in [3.05, 3.63) is 0 Å². The lowest BCUT2D eigenvalue weighted by Gasteiger charge is -2.52. The maximum Gasteiger partial charge on any atom is 0.206 e. The average molecular weight is 286 g/mol. The van der Waals surface area contributed by atoms with E-state index in [4.69, 9.17) is 4.12 Å². The first-order valence-electron chi connectivity index (χ1n) is 7.19. The first kappa shape index (κ1) is 14.8. The summed E-state index contributed by atoms with van der Waals surface area (Å²) >= 11 is 0. The lowest BCUT2D eigenvalue weighted by atomic mass is 9.69. The summed E-state index contributed by atoms with van der Waals surface area (Å²) in [5, 5.41) is 11.0. The molecule has 4 heteroatoms. The van der Waals surface area contributed by atoms with Crippen LogP contribution >= 0.6 is 0 Å². The van der Waals surface area contributed by atoms with Crippen LogP contribution in [0.4, 0.5) is 0 Å². The molecule has 0 amide bonds. The molecule has 105 valence electrons. The number of hydrogen-bond donors (Lipinski definition) is 1. The molecule has 0 heterocycles. The number of rotatable bonds is 3. The van der Waals surface area contributed by atoms with Crippen molar-refractivity contribution >= 4 is 17.4 Å². The third-order valence-corrected chi connectivity index (χ3v) is 12.8. The molecular formula is C14H29O2Si2. The van der Waals surface area contributed by atoms with E-state index in [0.29, 0.717) is 5.92 Å². The zero-order chi connectivity index (χ0) is 14.0. The van der Waals surface area contributed by atoms with Crippen LogP contribution in [0.15, 0.2) is 0 Å². The molecule has 1 N–H and O–H groups in total. The number of hydrogen-bond acceptors (Lipinski definition) is 2. The Morgan fingerprint density at radius 3 is 2.11 bits per heavy atom. The second kappa shape index (κ2) is 3.93. The fourth-order valence-corrected chi connectivity index (χ4v) is 12.1. The lowest BCUT2D eigenvalue weighted by Crippen LogP contribution is -2.65. The van der Waals surface area contributed by atoms with Crippen molar-refractivity contribution in [2.75, 3.05) is 0 Å². The molecule has 0 aliphatic heterocycles. The van der Waals surface area contributed by atoms with Crippen molar-refractivity contribution in [2.45, 2.75) is 71.4 Å². The van der Waals surface area contributed by atoms with Gasteiger partial charge in [0.05, 0.1) is 5.22 Å².